The third kappa shape index (κ3) is 2.17. The van der Waals surface area contributed by atoms with Crippen LogP contribution in [-0.4, -0.2) is 13.0 Å². The van der Waals surface area contributed by atoms with Crippen LogP contribution in [0.2, 0.25) is 5.02 Å². The predicted octanol–water partition coefficient (Wildman–Crippen LogP) is 3.62. The van der Waals surface area contributed by atoms with Crippen LogP contribution in [0.5, 0.6) is 5.75 Å². The van der Waals surface area contributed by atoms with Crippen molar-refractivity contribution in [3.63, 3.8) is 0 Å². The molecule has 3 aromatic rings. The van der Waals surface area contributed by atoms with Crippen LogP contribution in [0.4, 0.5) is 5.88 Å². The van der Waals surface area contributed by atoms with Gasteiger partial charge in [0.15, 0.2) is 11.0 Å². The van der Waals surface area contributed by atoms with Gasteiger partial charge in [-0.15, -0.1) is 0 Å². The van der Waals surface area contributed by atoms with Crippen molar-refractivity contribution in [2.75, 3.05) is 12.0 Å². The molecule has 0 radical (unpaired) electrons. The summed E-state index contributed by atoms with van der Waals surface area (Å²) in [4.78, 5) is 26.4. The van der Waals surface area contributed by atoms with Crippen LogP contribution in [0.3, 0.4) is 0 Å². The quantitative estimate of drug-likeness (QED) is 0.714. The molecule has 1 amide bonds. The lowest BCUT2D eigenvalue weighted by atomic mass is 10.1. The molecule has 24 heavy (non-hydrogen) atoms. The minimum atomic E-state index is -0.241. The highest BCUT2D eigenvalue weighted by atomic mass is 35.5. The fourth-order valence-electron chi connectivity index (χ4n) is 2.85. The molecule has 0 atom stereocenters. The first-order valence-electron chi connectivity index (χ1n) is 7.29. The van der Waals surface area contributed by atoms with E-state index in [1.54, 1.807) is 37.4 Å². The number of hydrogen-bond acceptors (Lipinski definition) is 4. The zero-order chi connectivity index (χ0) is 16.8. The van der Waals surface area contributed by atoms with E-state index in [-0.39, 0.29) is 22.8 Å². The molecule has 0 aliphatic carbocycles. The van der Waals surface area contributed by atoms with E-state index in [0.29, 0.717) is 28.3 Å². The summed E-state index contributed by atoms with van der Waals surface area (Å²) in [6.45, 7) is 0.330. The molecule has 2 aromatic carbocycles. The molecule has 5 nitrogen and oxygen atoms in total. The first-order chi connectivity index (χ1) is 11.6. The van der Waals surface area contributed by atoms with E-state index >= 15 is 0 Å². The van der Waals surface area contributed by atoms with E-state index in [1.165, 1.54) is 11.0 Å². The summed E-state index contributed by atoms with van der Waals surface area (Å²) in [6.07, 6.45) is 0. The van der Waals surface area contributed by atoms with Gasteiger partial charge in [0.2, 0.25) is 5.88 Å². The van der Waals surface area contributed by atoms with Crippen molar-refractivity contribution in [3.8, 4) is 5.75 Å². The van der Waals surface area contributed by atoms with E-state index in [1.807, 2.05) is 6.07 Å². The molecule has 1 aliphatic heterocycles. The van der Waals surface area contributed by atoms with Gasteiger partial charge in [-0.2, -0.15) is 0 Å². The Bertz CT molecular complexity index is 1040. The number of carbonyl (C=O) groups excluding carboxylic acids is 1. The van der Waals surface area contributed by atoms with Crippen molar-refractivity contribution < 1.29 is 13.9 Å². The molecular weight excluding hydrogens is 330 g/mol. The number of hydrogen-bond donors (Lipinski definition) is 0. The zero-order valence-electron chi connectivity index (χ0n) is 12.7. The second-order valence-corrected chi connectivity index (χ2v) is 5.89. The fourth-order valence-corrected chi connectivity index (χ4v) is 3.06. The lowest BCUT2D eigenvalue weighted by Crippen LogP contribution is -2.24. The molecular formula is C18H12ClNO4. The van der Waals surface area contributed by atoms with E-state index < -0.39 is 0 Å². The van der Waals surface area contributed by atoms with Crippen LogP contribution in [0, 0.1) is 0 Å². The Balaban J connectivity index is 1.83. The topological polar surface area (TPSA) is 59.8 Å². The van der Waals surface area contributed by atoms with Crippen molar-refractivity contribution in [1.82, 2.24) is 0 Å². The Hall–Kier alpha value is -2.79. The van der Waals surface area contributed by atoms with Crippen LogP contribution in [0.15, 0.2) is 51.7 Å². The number of nitrogens with zero attached hydrogens (tertiary/aromatic N) is 1. The number of benzene rings is 2. The standard InChI is InChI=1S/C18H12ClNO4/c1-23-11-6-5-10-9-20(18(22)13(10)7-11)16-8-15(21)12-3-2-4-14(19)17(12)24-16/h2-8H,9H2,1H3. The van der Waals surface area contributed by atoms with Crippen molar-refractivity contribution in [2.45, 2.75) is 6.54 Å². The number of para-hydroxylation sites is 1. The second-order valence-electron chi connectivity index (χ2n) is 5.48. The van der Waals surface area contributed by atoms with Crippen LogP contribution in [0.25, 0.3) is 11.0 Å². The summed E-state index contributed by atoms with van der Waals surface area (Å²) in [5, 5.41) is 0.717. The van der Waals surface area contributed by atoms with Gasteiger partial charge in [-0.3, -0.25) is 14.5 Å². The molecule has 0 fully saturated rings. The zero-order valence-corrected chi connectivity index (χ0v) is 13.5. The van der Waals surface area contributed by atoms with Crippen molar-refractivity contribution >= 4 is 34.4 Å². The third-order valence-electron chi connectivity index (χ3n) is 4.08. The van der Waals surface area contributed by atoms with Gasteiger partial charge in [0.1, 0.15) is 5.75 Å². The number of halogens is 1. The van der Waals surface area contributed by atoms with E-state index in [4.69, 9.17) is 20.8 Å². The Morgan fingerprint density at radius 3 is 2.79 bits per heavy atom. The number of amides is 1. The fraction of sp³-hybridized carbons (Fsp3) is 0.111. The molecule has 6 heteroatoms. The summed E-state index contributed by atoms with van der Waals surface area (Å²) in [5.74, 6) is 0.547. The van der Waals surface area contributed by atoms with Crippen molar-refractivity contribution in [3.05, 3.63) is 68.8 Å². The molecule has 4 rings (SSSR count). The average Bonchev–Trinajstić information content (AvgIpc) is 2.92. The summed E-state index contributed by atoms with van der Waals surface area (Å²) in [5.41, 5.74) is 1.43. The van der Waals surface area contributed by atoms with E-state index in [0.717, 1.165) is 5.56 Å². The Labute approximate surface area is 142 Å². The number of anilines is 1. The Morgan fingerprint density at radius 1 is 1.17 bits per heavy atom. The molecule has 2 heterocycles. The van der Waals surface area contributed by atoms with Crippen LogP contribution in [0.1, 0.15) is 15.9 Å². The van der Waals surface area contributed by atoms with Gasteiger partial charge in [0.05, 0.1) is 24.1 Å². The number of rotatable bonds is 2. The molecule has 0 spiro atoms. The van der Waals surface area contributed by atoms with Gasteiger partial charge in [0, 0.05) is 11.6 Å². The largest absolute Gasteiger partial charge is 0.497 e. The minimum Gasteiger partial charge on any atom is -0.497 e. The highest BCUT2D eigenvalue weighted by molar-refractivity contribution is 6.34. The molecule has 1 aliphatic rings. The predicted molar refractivity (Wildman–Crippen MR) is 91.0 cm³/mol. The summed E-state index contributed by atoms with van der Waals surface area (Å²) in [7, 11) is 1.54. The first-order valence-corrected chi connectivity index (χ1v) is 7.67. The van der Waals surface area contributed by atoms with Gasteiger partial charge >= 0.3 is 0 Å². The van der Waals surface area contributed by atoms with Crippen molar-refractivity contribution in [1.29, 1.82) is 0 Å². The highest BCUT2D eigenvalue weighted by Gasteiger charge is 2.31. The number of fused-ring (bicyclic) bond motifs is 2. The summed E-state index contributed by atoms with van der Waals surface area (Å²) in [6, 6.07) is 11.6. The van der Waals surface area contributed by atoms with Gasteiger partial charge in [-0.1, -0.05) is 23.7 Å². The van der Waals surface area contributed by atoms with Crippen LogP contribution >= 0.6 is 11.6 Å². The number of carbonyl (C=O) groups is 1. The minimum absolute atomic E-state index is 0.181. The maximum Gasteiger partial charge on any atom is 0.261 e. The number of ether oxygens (including phenoxy) is 1. The van der Waals surface area contributed by atoms with Gasteiger partial charge in [-0.05, 0) is 29.8 Å². The molecule has 0 saturated carbocycles. The van der Waals surface area contributed by atoms with Crippen LogP contribution in [-0.2, 0) is 6.54 Å². The maximum atomic E-state index is 12.7. The van der Waals surface area contributed by atoms with E-state index in [9.17, 15) is 9.59 Å². The first kappa shape index (κ1) is 14.8. The molecule has 0 bridgehead atoms. The molecule has 1 aromatic heterocycles. The second kappa shape index (κ2) is 5.39. The van der Waals surface area contributed by atoms with Crippen LogP contribution < -0.4 is 15.1 Å². The molecule has 0 saturated heterocycles. The third-order valence-corrected chi connectivity index (χ3v) is 4.38. The molecule has 0 unspecified atom stereocenters. The normalized spacial score (nSPS) is 13.4. The average molecular weight is 342 g/mol. The van der Waals surface area contributed by atoms with E-state index in [2.05, 4.69) is 0 Å². The van der Waals surface area contributed by atoms with Gasteiger partial charge < -0.3 is 9.15 Å². The Kier molecular flexibility index (Phi) is 3.32. The molecule has 0 N–H and O–H groups in total. The SMILES string of the molecule is COc1ccc2c(c1)C(=O)N(c1cc(=O)c3cccc(Cl)c3o1)C2. The molecule has 120 valence electrons. The maximum absolute atomic E-state index is 12.7. The van der Waals surface area contributed by atoms with Gasteiger partial charge in [0.25, 0.3) is 5.91 Å². The monoisotopic (exact) mass is 341 g/mol. The van der Waals surface area contributed by atoms with Gasteiger partial charge in [-0.25, -0.2) is 0 Å². The summed E-state index contributed by atoms with van der Waals surface area (Å²) >= 11 is 6.12. The lowest BCUT2D eigenvalue weighted by molar-refractivity contribution is 0.0992. The van der Waals surface area contributed by atoms with Crippen molar-refractivity contribution in [2.24, 2.45) is 0 Å². The lowest BCUT2D eigenvalue weighted by Gasteiger charge is -2.14. The summed E-state index contributed by atoms with van der Waals surface area (Å²) < 4.78 is 10.9. The number of methoxy groups -OCH3 is 1. The smallest absolute Gasteiger partial charge is 0.261 e. The highest BCUT2D eigenvalue weighted by Crippen LogP contribution is 2.32. The Morgan fingerprint density at radius 2 is 2.00 bits per heavy atom.